The minimum Gasteiger partial charge on any atom is -0.493 e. The highest BCUT2D eigenvalue weighted by Gasteiger charge is 2.20. The molecule has 152 valence electrons. The van der Waals surface area contributed by atoms with E-state index in [0.717, 1.165) is 31.7 Å². The molecule has 1 aromatic heterocycles. The van der Waals surface area contributed by atoms with Crippen LogP contribution < -0.4 is 14.4 Å². The van der Waals surface area contributed by atoms with E-state index in [9.17, 15) is 0 Å². The number of benzene rings is 2. The lowest BCUT2D eigenvalue weighted by Gasteiger charge is -2.35. The molecule has 2 aromatic carbocycles. The van der Waals surface area contributed by atoms with Gasteiger partial charge in [0.1, 0.15) is 0 Å². The zero-order chi connectivity index (χ0) is 20.2. The number of hydrogen-bond acceptors (Lipinski definition) is 7. The van der Waals surface area contributed by atoms with E-state index in [1.165, 1.54) is 11.3 Å². The van der Waals surface area contributed by atoms with Crippen molar-refractivity contribution in [3.63, 3.8) is 0 Å². The number of nitrogens with zero attached hydrogens (tertiary/aromatic N) is 4. The molecule has 2 heterocycles. The third-order valence-electron chi connectivity index (χ3n) is 5.20. The highest BCUT2D eigenvalue weighted by atomic mass is 16.5. The fourth-order valence-electron chi connectivity index (χ4n) is 3.58. The SMILES string of the molecule is COc1ccc(-c2nnc(CN3CCN(c4cccc(C)c4)CC3)o2)cc1OC. The molecule has 0 radical (unpaired) electrons. The van der Waals surface area contributed by atoms with Crippen LogP contribution in [0.15, 0.2) is 46.9 Å². The Morgan fingerprint density at radius 3 is 2.45 bits per heavy atom. The van der Waals surface area contributed by atoms with E-state index in [0.29, 0.717) is 29.8 Å². The Labute approximate surface area is 170 Å². The zero-order valence-corrected chi connectivity index (χ0v) is 17.1. The van der Waals surface area contributed by atoms with Crippen molar-refractivity contribution in [3.8, 4) is 23.0 Å². The Morgan fingerprint density at radius 2 is 1.72 bits per heavy atom. The van der Waals surface area contributed by atoms with Crippen LogP contribution in [0.2, 0.25) is 0 Å². The second-order valence-electron chi connectivity index (χ2n) is 7.17. The first-order valence-electron chi connectivity index (χ1n) is 9.75. The molecular weight excluding hydrogens is 368 g/mol. The van der Waals surface area contributed by atoms with Crippen LogP contribution in [0.1, 0.15) is 11.5 Å². The number of ether oxygens (including phenoxy) is 2. The molecule has 1 fully saturated rings. The predicted octanol–water partition coefficient (Wildman–Crippen LogP) is 3.38. The third-order valence-corrected chi connectivity index (χ3v) is 5.20. The maximum atomic E-state index is 5.90. The van der Waals surface area contributed by atoms with Crippen LogP contribution in [0, 0.1) is 6.92 Å². The van der Waals surface area contributed by atoms with Crippen LogP contribution in [-0.4, -0.2) is 55.5 Å². The van der Waals surface area contributed by atoms with Gasteiger partial charge < -0.3 is 18.8 Å². The number of hydrogen-bond donors (Lipinski definition) is 0. The van der Waals surface area contributed by atoms with Crippen LogP contribution in [0.4, 0.5) is 5.69 Å². The summed E-state index contributed by atoms with van der Waals surface area (Å²) in [7, 11) is 3.22. The molecule has 0 atom stereocenters. The van der Waals surface area contributed by atoms with Crippen molar-refractivity contribution in [1.82, 2.24) is 15.1 Å². The first-order chi connectivity index (χ1) is 14.2. The van der Waals surface area contributed by atoms with Crippen LogP contribution in [0.3, 0.4) is 0 Å². The van der Waals surface area contributed by atoms with Crippen LogP contribution in [-0.2, 0) is 6.54 Å². The van der Waals surface area contributed by atoms with Crippen molar-refractivity contribution in [2.45, 2.75) is 13.5 Å². The Balaban J connectivity index is 1.38. The van der Waals surface area contributed by atoms with Crippen molar-refractivity contribution >= 4 is 5.69 Å². The van der Waals surface area contributed by atoms with Gasteiger partial charge in [-0.25, -0.2) is 0 Å². The summed E-state index contributed by atoms with van der Waals surface area (Å²) in [5.41, 5.74) is 3.39. The maximum absolute atomic E-state index is 5.90. The lowest BCUT2D eigenvalue weighted by Crippen LogP contribution is -2.46. The monoisotopic (exact) mass is 394 g/mol. The summed E-state index contributed by atoms with van der Waals surface area (Å²) in [5.74, 6) is 2.41. The quantitative estimate of drug-likeness (QED) is 0.635. The summed E-state index contributed by atoms with van der Waals surface area (Å²) in [5, 5.41) is 8.43. The molecule has 1 aliphatic heterocycles. The Bertz CT molecular complexity index is 964. The van der Waals surface area contributed by atoms with Crippen LogP contribution >= 0.6 is 0 Å². The molecule has 0 saturated carbocycles. The van der Waals surface area contributed by atoms with Crippen molar-refractivity contribution in [1.29, 1.82) is 0 Å². The van der Waals surface area contributed by atoms with E-state index in [4.69, 9.17) is 13.9 Å². The van der Waals surface area contributed by atoms with Gasteiger partial charge in [-0.15, -0.1) is 10.2 Å². The van der Waals surface area contributed by atoms with Gasteiger partial charge in [0, 0.05) is 37.4 Å². The largest absolute Gasteiger partial charge is 0.493 e. The average Bonchev–Trinajstić information content (AvgIpc) is 3.22. The van der Waals surface area contributed by atoms with Crippen LogP contribution in [0.5, 0.6) is 11.5 Å². The van der Waals surface area contributed by atoms with Gasteiger partial charge in [0.15, 0.2) is 11.5 Å². The number of anilines is 1. The van der Waals surface area contributed by atoms with E-state index in [-0.39, 0.29) is 0 Å². The standard InChI is InChI=1S/C22H26N4O3/c1-16-5-4-6-18(13-16)26-11-9-25(10-12-26)15-21-23-24-22(29-21)17-7-8-19(27-2)20(14-17)28-3/h4-8,13-14H,9-12,15H2,1-3H3. The molecule has 7 nitrogen and oxygen atoms in total. The van der Waals surface area contributed by atoms with E-state index < -0.39 is 0 Å². The smallest absolute Gasteiger partial charge is 0.247 e. The highest BCUT2D eigenvalue weighted by Crippen LogP contribution is 2.31. The molecule has 29 heavy (non-hydrogen) atoms. The Morgan fingerprint density at radius 1 is 0.931 bits per heavy atom. The van der Waals surface area contributed by atoms with Gasteiger partial charge in [-0.1, -0.05) is 12.1 Å². The fourth-order valence-corrected chi connectivity index (χ4v) is 3.58. The van der Waals surface area contributed by atoms with Gasteiger partial charge >= 0.3 is 0 Å². The van der Waals surface area contributed by atoms with Gasteiger partial charge in [-0.05, 0) is 42.8 Å². The van der Waals surface area contributed by atoms with E-state index in [1.54, 1.807) is 14.2 Å². The second kappa shape index (κ2) is 8.53. The maximum Gasteiger partial charge on any atom is 0.247 e. The molecule has 1 aliphatic rings. The normalized spacial score (nSPS) is 14.8. The van der Waals surface area contributed by atoms with Crippen LogP contribution in [0.25, 0.3) is 11.5 Å². The van der Waals surface area contributed by atoms with E-state index >= 15 is 0 Å². The topological polar surface area (TPSA) is 63.9 Å². The van der Waals surface area contributed by atoms with E-state index in [1.807, 2.05) is 18.2 Å². The molecule has 0 unspecified atom stereocenters. The van der Waals surface area contributed by atoms with E-state index in [2.05, 4.69) is 51.2 Å². The number of aromatic nitrogens is 2. The van der Waals surface area contributed by atoms with Crippen molar-refractivity contribution in [3.05, 3.63) is 53.9 Å². The molecule has 1 saturated heterocycles. The molecule has 0 spiro atoms. The summed E-state index contributed by atoms with van der Waals surface area (Å²) < 4.78 is 16.5. The number of piperazine rings is 1. The van der Waals surface area contributed by atoms with Gasteiger partial charge in [0.2, 0.25) is 11.8 Å². The summed E-state index contributed by atoms with van der Waals surface area (Å²) in [6.45, 7) is 6.68. The molecule has 0 N–H and O–H groups in total. The Kier molecular flexibility index (Phi) is 5.67. The van der Waals surface area contributed by atoms with Gasteiger partial charge in [0.05, 0.1) is 20.8 Å². The second-order valence-corrected chi connectivity index (χ2v) is 7.17. The number of aryl methyl sites for hydroxylation is 1. The van der Waals surface area contributed by atoms with Crippen molar-refractivity contribution in [2.75, 3.05) is 45.3 Å². The first kappa shape index (κ1) is 19.3. The molecule has 7 heteroatoms. The minimum absolute atomic E-state index is 0.486. The molecule has 3 aromatic rings. The summed E-state index contributed by atoms with van der Waals surface area (Å²) in [6.07, 6.45) is 0. The lowest BCUT2D eigenvalue weighted by atomic mass is 10.2. The number of methoxy groups -OCH3 is 2. The highest BCUT2D eigenvalue weighted by molar-refractivity contribution is 5.59. The molecule has 4 rings (SSSR count). The van der Waals surface area contributed by atoms with Gasteiger partial charge in [-0.2, -0.15) is 0 Å². The minimum atomic E-state index is 0.486. The predicted molar refractivity (Wildman–Crippen MR) is 112 cm³/mol. The first-order valence-corrected chi connectivity index (χ1v) is 9.75. The molecular formula is C22H26N4O3. The molecule has 0 aliphatic carbocycles. The fraction of sp³-hybridized carbons (Fsp3) is 0.364. The molecule has 0 amide bonds. The van der Waals surface area contributed by atoms with Crippen molar-refractivity contribution < 1.29 is 13.9 Å². The van der Waals surface area contributed by atoms with Gasteiger partial charge in [-0.3, -0.25) is 4.90 Å². The number of rotatable bonds is 6. The summed E-state index contributed by atoms with van der Waals surface area (Å²) in [4.78, 5) is 4.77. The Hall–Kier alpha value is -3.06. The van der Waals surface area contributed by atoms with Gasteiger partial charge in [0.25, 0.3) is 0 Å². The summed E-state index contributed by atoms with van der Waals surface area (Å²) >= 11 is 0. The molecule has 0 bridgehead atoms. The summed E-state index contributed by atoms with van der Waals surface area (Å²) in [6, 6.07) is 14.2. The lowest BCUT2D eigenvalue weighted by molar-refractivity contribution is 0.227. The average molecular weight is 394 g/mol. The third kappa shape index (κ3) is 4.35. The van der Waals surface area contributed by atoms with Crippen molar-refractivity contribution in [2.24, 2.45) is 0 Å². The zero-order valence-electron chi connectivity index (χ0n) is 17.1.